The highest BCUT2D eigenvalue weighted by atomic mass is 16.5. The van der Waals surface area contributed by atoms with Crippen LogP contribution in [-0.4, -0.2) is 26.8 Å². The summed E-state index contributed by atoms with van der Waals surface area (Å²) in [5.41, 5.74) is 1.08. The fraction of sp³-hybridized carbons (Fsp3) is 0.500. The third kappa shape index (κ3) is 3.34. The second kappa shape index (κ2) is 6.82. The van der Waals surface area contributed by atoms with Crippen molar-refractivity contribution in [2.75, 3.05) is 20.8 Å². The number of hydrogen-bond donors (Lipinski definition) is 0. The van der Waals surface area contributed by atoms with Crippen molar-refractivity contribution >= 4 is 6.08 Å². The van der Waals surface area contributed by atoms with Gasteiger partial charge in [0.25, 0.3) is 0 Å². The standard InChI is InChI=1S/C14H19NO3/c1-10(2)12(8-15-9-16)11-5-6-13(17-3)14(7-11)18-4/h5-7,10,12H,8H2,1-4H3. The molecule has 0 aliphatic heterocycles. The minimum absolute atomic E-state index is 0.172. The van der Waals surface area contributed by atoms with E-state index in [9.17, 15) is 4.79 Å². The number of rotatable bonds is 6. The molecule has 0 fully saturated rings. The lowest BCUT2D eigenvalue weighted by Crippen LogP contribution is -2.10. The van der Waals surface area contributed by atoms with Crippen LogP contribution >= 0.6 is 0 Å². The van der Waals surface area contributed by atoms with Gasteiger partial charge in [0, 0.05) is 5.92 Å². The Balaban J connectivity index is 3.08. The first-order chi connectivity index (χ1) is 8.63. The maximum Gasteiger partial charge on any atom is 0.234 e. The van der Waals surface area contributed by atoms with E-state index < -0.39 is 0 Å². The number of aliphatic imine (C=N–C) groups is 1. The summed E-state index contributed by atoms with van der Waals surface area (Å²) in [6, 6.07) is 5.78. The molecule has 98 valence electrons. The van der Waals surface area contributed by atoms with Crippen LogP contribution in [0.3, 0.4) is 0 Å². The van der Waals surface area contributed by atoms with E-state index in [1.807, 2.05) is 18.2 Å². The van der Waals surface area contributed by atoms with E-state index in [4.69, 9.17) is 9.47 Å². The Kier molecular flexibility index (Phi) is 5.40. The van der Waals surface area contributed by atoms with Crippen LogP contribution in [0.15, 0.2) is 23.2 Å². The minimum Gasteiger partial charge on any atom is -0.493 e. The lowest BCUT2D eigenvalue weighted by molar-refractivity contribution is 0.353. The molecule has 1 aromatic carbocycles. The molecule has 1 atom stereocenters. The van der Waals surface area contributed by atoms with Gasteiger partial charge in [-0.1, -0.05) is 19.9 Å². The van der Waals surface area contributed by atoms with Crippen molar-refractivity contribution in [2.45, 2.75) is 19.8 Å². The average molecular weight is 249 g/mol. The molecule has 0 aromatic heterocycles. The van der Waals surface area contributed by atoms with Crippen molar-refractivity contribution in [3.8, 4) is 11.5 Å². The molecule has 1 unspecified atom stereocenters. The molecule has 0 radical (unpaired) electrons. The summed E-state index contributed by atoms with van der Waals surface area (Å²) in [5.74, 6) is 1.94. The van der Waals surface area contributed by atoms with Crippen molar-refractivity contribution in [1.29, 1.82) is 0 Å². The van der Waals surface area contributed by atoms with E-state index in [-0.39, 0.29) is 5.92 Å². The van der Waals surface area contributed by atoms with Gasteiger partial charge in [0.1, 0.15) is 0 Å². The molecular weight excluding hydrogens is 230 g/mol. The number of nitrogens with zero attached hydrogens (tertiary/aromatic N) is 1. The van der Waals surface area contributed by atoms with Crippen molar-refractivity contribution in [2.24, 2.45) is 10.9 Å². The highest BCUT2D eigenvalue weighted by Crippen LogP contribution is 2.33. The molecule has 0 bridgehead atoms. The molecule has 0 heterocycles. The molecular formula is C14H19NO3. The summed E-state index contributed by atoms with van der Waals surface area (Å²) in [6.45, 7) is 4.64. The minimum atomic E-state index is 0.172. The Labute approximate surface area is 108 Å². The van der Waals surface area contributed by atoms with Crippen LogP contribution < -0.4 is 9.47 Å². The predicted molar refractivity (Wildman–Crippen MR) is 70.1 cm³/mol. The topological polar surface area (TPSA) is 47.9 Å². The van der Waals surface area contributed by atoms with Crippen LogP contribution in [-0.2, 0) is 4.79 Å². The second-order valence-corrected chi connectivity index (χ2v) is 4.40. The largest absolute Gasteiger partial charge is 0.493 e. The lowest BCUT2D eigenvalue weighted by atomic mass is 9.88. The summed E-state index contributed by atoms with van der Waals surface area (Å²) in [7, 11) is 3.21. The van der Waals surface area contributed by atoms with Gasteiger partial charge in [0.2, 0.25) is 6.08 Å². The quantitative estimate of drug-likeness (QED) is 0.575. The fourth-order valence-electron chi connectivity index (χ4n) is 1.92. The average Bonchev–Trinajstić information content (AvgIpc) is 2.38. The highest BCUT2D eigenvalue weighted by Gasteiger charge is 2.17. The Bertz CT molecular complexity index is 437. The molecule has 1 rings (SSSR count). The first kappa shape index (κ1) is 14.3. The van der Waals surface area contributed by atoms with Crippen LogP contribution in [0.1, 0.15) is 25.3 Å². The zero-order chi connectivity index (χ0) is 13.5. The van der Waals surface area contributed by atoms with Gasteiger partial charge in [-0.3, -0.25) is 0 Å². The molecule has 0 spiro atoms. The van der Waals surface area contributed by atoms with Crippen molar-refractivity contribution in [3.05, 3.63) is 23.8 Å². The van der Waals surface area contributed by atoms with Gasteiger partial charge in [-0.2, -0.15) is 0 Å². The summed E-state index contributed by atoms with van der Waals surface area (Å²) in [5, 5.41) is 0. The number of ether oxygens (including phenoxy) is 2. The molecule has 0 saturated carbocycles. The van der Waals surface area contributed by atoms with E-state index in [0.29, 0.717) is 24.0 Å². The predicted octanol–water partition coefficient (Wildman–Crippen LogP) is 2.78. The number of hydrogen-bond acceptors (Lipinski definition) is 4. The maximum absolute atomic E-state index is 10.3. The molecule has 4 heteroatoms. The molecule has 0 aliphatic carbocycles. The van der Waals surface area contributed by atoms with Gasteiger partial charge in [-0.05, 0) is 23.6 Å². The molecule has 0 N–H and O–H groups in total. The molecule has 0 amide bonds. The zero-order valence-corrected chi connectivity index (χ0v) is 11.3. The van der Waals surface area contributed by atoms with Crippen molar-refractivity contribution < 1.29 is 14.3 Å². The van der Waals surface area contributed by atoms with Gasteiger partial charge < -0.3 is 9.47 Å². The summed E-state index contributed by atoms with van der Waals surface area (Å²) < 4.78 is 10.5. The summed E-state index contributed by atoms with van der Waals surface area (Å²) in [6.07, 6.45) is 1.59. The van der Waals surface area contributed by atoms with Crippen LogP contribution in [0.5, 0.6) is 11.5 Å². The molecule has 0 aliphatic rings. The molecule has 4 nitrogen and oxygen atoms in total. The molecule has 1 aromatic rings. The van der Waals surface area contributed by atoms with Gasteiger partial charge in [0.05, 0.1) is 20.8 Å². The zero-order valence-electron chi connectivity index (χ0n) is 11.3. The van der Waals surface area contributed by atoms with E-state index in [2.05, 4.69) is 18.8 Å². The van der Waals surface area contributed by atoms with Gasteiger partial charge in [0.15, 0.2) is 11.5 Å². The van der Waals surface area contributed by atoms with Gasteiger partial charge in [-0.25, -0.2) is 9.79 Å². The Morgan fingerprint density at radius 1 is 1.22 bits per heavy atom. The second-order valence-electron chi connectivity index (χ2n) is 4.40. The normalized spacial score (nSPS) is 11.8. The van der Waals surface area contributed by atoms with E-state index >= 15 is 0 Å². The number of benzene rings is 1. The van der Waals surface area contributed by atoms with E-state index in [1.54, 1.807) is 20.3 Å². The molecule has 0 saturated heterocycles. The van der Waals surface area contributed by atoms with Crippen molar-refractivity contribution in [1.82, 2.24) is 0 Å². The van der Waals surface area contributed by atoms with Crippen LogP contribution in [0.25, 0.3) is 0 Å². The smallest absolute Gasteiger partial charge is 0.234 e. The third-order valence-electron chi connectivity index (χ3n) is 2.99. The summed E-state index contributed by atoms with van der Waals surface area (Å²) >= 11 is 0. The van der Waals surface area contributed by atoms with Crippen molar-refractivity contribution in [3.63, 3.8) is 0 Å². The maximum atomic E-state index is 10.3. The Hall–Kier alpha value is -1.80. The highest BCUT2D eigenvalue weighted by molar-refractivity contribution is 5.44. The lowest BCUT2D eigenvalue weighted by Gasteiger charge is -2.20. The van der Waals surface area contributed by atoms with Crippen LogP contribution in [0.2, 0.25) is 0 Å². The van der Waals surface area contributed by atoms with Gasteiger partial charge >= 0.3 is 0 Å². The first-order valence-electron chi connectivity index (χ1n) is 5.89. The third-order valence-corrected chi connectivity index (χ3v) is 2.99. The first-order valence-corrected chi connectivity index (χ1v) is 5.89. The van der Waals surface area contributed by atoms with Gasteiger partial charge in [-0.15, -0.1) is 0 Å². The number of isocyanates is 1. The Morgan fingerprint density at radius 3 is 2.39 bits per heavy atom. The van der Waals surface area contributed by atoms with E-state index in [1.165, 1.54) is 0 Å². The van der Waals surface area contributed by atoms with E-state index in [0.717, 1.165) is 5.56 Å². The molecule has 18 heavy (non-hydrogen) atoms. The van der Waals surface area contributed by atoms with Crippen LogP contribution in [0, 0.1) is 5.92 Å². The fourth-order valence-corrected chi connectivity index (χ4v) is 1.92. The SMILES string of the molecule is COc1ccc(C(CN=C=O)C(C)C)cc1OC. The Morgan fingerprint density at radius 2 is 1.89 bits per heavy atom. The summed E-state index contributed by atoms with van der Waals surface area (Å²) in [4.78, 5) is 13.9. The number of methoxy groups -OCH3 is 2. The van der Waals surface area contributed by atoms with Crippen LogP contribution in [0.4, 0.5) is 0 Å². The monoisotopic (exact) mass is 249 g/mol. The number of carbonyl (C=O) groups excluding carboxylic acids is 1.